The zero-order valence-corrected chi connectivity index (χ0v) is 14.8. The van der Waals surface area contributed by atoms with Crippen LogP contribution in [0.25, 0.3) is 0 Å². The van der Waals surface area contributed by atoms with Gasteiger partial charge in [0.1, 0.15) is 0 Å². The largest absolute Gasteiger partial charge is 0.295 e. The van der Waals surface area contributed by atoms with Crippen molar-refractivity contribution in [3.8, 4) is 0 Å². The summed E-state index contributed by atoms with van der Waals surface area (Å²) < 4.78 is 27.8. The van der Waals surface area contributed by atoms with E-state index in [1.165, 1.54) is 24.0 Å². The lowest BCUT2D eigenvalue weighted by atomic mass is 10.0. The van der Waals surface area contributed by atoms with Crippen molar-refractivity contribution in [1.82, 2.24) is 9.62 Å². The number of hydrogen-bond donors (Lipinski definition) is 1. The van der Waals surface area contributed by atoms with Crippen LogP contribution in [0.2, 0.25) is 0 Å². The lowest BCUT2D eigenvalue weighted by Gasteiger charge is -2.28. The second kappa shape index (κ2) is 7.47. The van der Waals surface area contributed by atoms with E-state index < -0.39 is 10.0 Å². The second-order valence-corrected chi connectivity index (χ2v) is 8.10. The first-order valence-corrected chi connectivity index (χ1v) is 9.90. The van der Waals surface area contributed by atoms with Gasteiger partial charge < -0.3 is 0 Å². The predicted octanol–water partition coefficient (Wildman–Crippen LogP) is 3.11. The van der Waals surface area contributed by atoms with Crippen molar-refractivity contribution in [2.45, 2.75) is 30.7 Å². The van der Waals surface area contributed by atoms with Gasteiger partial charge in [-0.25, -0.2) is 13.1 Å². The molecular formula is C19H24N2O2S. The number of sulfonamides is 1. The van der Waals surface area contributed by atoms with Gasteiger partial charge in [-0.15, -0.1) is 0 Å². The summed E-state index contributed by atoms with van der Waals surface area (Å²) in [6.45, 7) is 4.49. The maximum absolute atomic E-state index is 12.5. The molecule has 1 heterocycles. The molecule has 1 aliphatic heterocycles. The topological polar surface area (TPSA) is 49.4 Å². The van der Waals surface area contributed by atoms with Gasteiger partial charge in [0.05, 0.1) is 4.90 Å². The third-order valence-corrected chi connectivity index (χ3v) is 6.00. The molecule has 1 fully saturated rings. The van der Waals surface area contributed by atoms with Crippen LogP contribution in [0.3, 0.4) is 0 Å². The van der Waals surface area contributed by atoms with Crippen molar-refractivity contribution >= 4 is 10.0 Å². The van der Waals surface area contributed by atoms with Crippen LogP contribution in [0.5, 0.6) is 0 Å². The summed E-state index contributed by atoms with van der Waals surface area (Å²) in [5.74, 6) is 0. The maximum atomic E-state index is 12.5. The Morgan fingerprint density at radius 1 is 1.00 bits per heavy atom. The summed E-state index contributed by atoms with van der Waals surface area (Å²) in [4.78, 5) is 2.69. The molecule has 1 atom stereocenters. The summed E-state index contributed by atoms with van der Waals surface area (Å²) in [6, 6.07) is 17.0. The second-order valence-electron chi connectivity index (χ2n) is 6.33. The first kappa shape index (κ1) is 17.1. The first-order chi connectivity index (χ1) is 11.6. The summed E-state index contributed by atoms with van der Waals surface area (Å²) >= 11 is 0. The van der Waals surface area contributed by atoms with Gasteiger partial charge in [-0.2, -0.15) is 0 Å². The van der Waals surface area contributed by atoms with E-state index in [4.69, 9.17) is 0 Å². The predicted molar refractivity (Wildman–Crippen MR) is 96.4 cm³/mol. The fourth-order valence-electron chi connectivity index (χ4n) is 3.17. The Labute approximate surface area is 144 Å². The summed E-state index contributed by atoms with van der Waals surface area (Å²) in [6.07, 6.45) is 2.35. The van der Waals surface area contributed by atoms with E-state index in [0.29, 0.717) is 11.4 Å². The third-order valence-electron chi connectivity index (χ3n) is 4.56. The van der Waals surface area contributed by atoms with Crippen molar-refractivity contribution in [2.75, 3.05) is 19.6 Å². The number of rotatable bonds is 6. The summed E-state index contributed by atoms with van der Waals surface area (Å²) in [7, 11) is -3.48. The van der Waals surface area contributed by atoms with E-state index in [1.54, 1.807) is 24.3 Å². The Bertz CT molecular complexity index is 752. The lowest BCUT2D eigenvalue weighted by Crippen LogP contribution is -2.36. The summed E-state index contributed by atoms with van der Waals surface area (Å²) in [5, 5.41) is 0. The van der Waals surface area contributed by atoms with Crippen molar-refractivity contribution in [1.29, 1.82) is 0 Å². The average Bonchev–Trinajstić information content (AvgIpc) is 3.12. The zero-order valence-electron chi connectivity index (χ0n) is 14.0. The molecule has 2 aromatic rings. The Morgan fingerprint density at radius 2 is 1.62 bits per heavy atom. The molecule has 1 saturated heterocycles. The number of benzene rings is 2. The minimum atomic E-state index is -3.48. The standard InChI is InChI=1S/C19H24N2O2S/c1-16-9-11-17(12-10-16)19(21-13-5-6-14-21)15-20-24(22,23)18-7-3-2-4-8-18/h2-4,7-12,19-20H,5-6,13-15H2,1H3. The number of aryl methyl sites for hydroxylation is 1. The smallest absolute Gasteiger partial charge is 0.240 e. The van der Waals surface area contributed by atoms with Gasteiger partial charge in [0.25, 0.3) is 0 Å². The Hall–Kier alpha value is -1.69. The highest BCUT2D eigenvalue weighted by Crippen LogP contribution is 2.25. The number of likely N-dealkylation sites (tertiary alicyclic amines) is 1. The van der Waals surface area contributed by atoms with Crippen LogP contribution in [0.15, 0.2) is 59.5 Å². The summed E-state index contributed by atoms with van der Waals surface area (Å²) in [5.41, 5.74) is 2.38. The highest BCUT2D eigenvalue weighted by Gasteiger charge is 2.25. The number of hydrogen-bond acceptors (Lipinski definition) is 3. The molecule has 1 N–H and O–H groups in total. The SMILES string of the molecule is Cc1ccc(C(CNS(=O)(=O)c2ccccc2)N2CCCC2)cc1. The molecule has 0 bridgehead atoms. The molecular weight excluding hydrogens is 320 g/mol. The van der Waals surface area contributed by atoms with Crippen LogP contribution in [0.1, 0.15) is 30.0 Å². The van der Waals surface area contributed by atoms with Crippen LogP contribution in [-0.2, 0) is 10.0 Å². The molecule has 5 heteroatoms. The molecule has 0 spiro atoms. The van der Waals surface area contributed by atoms with E-state index >= 15 is 0 Å². The first-order valence-electron chi connectivity index (χ1n) is 8.41. The van der Waals surface area contributed by atoms with E-state index in [-0.39, 0.29) is 6.04 Å². The van der Waals surface area contributed by atoms with E-state index in [0.717, 1.165) is 13.1 Å². The van der Waals surface area contributed by atoms with Crippen LogP contribution < -0.4 is 4.72 Å². The fraction of sp³-hybridized carbons (Fsp3) is 0.368. The minimum absolute atomic E-state index is 0.0755. The molecule has 1 unspecified atom stereocenters. The van der Waals surface area contributed by atoms with Crippen molar-refractivity contribution in [3.63, 3.8) is 0 Å². The lowest BCUT2D eigenvalue weighted by molar-refractivity contribution is 0.246. The fourth-order valence-corrected chi connectivity index (χ4v) is 4.23. The Balaban J connectivity index is 1.78. The molecule has 0 radical (unpaired) electrons. The quantitative estimate of drug-likeness (QED) is 0.876. The van der Waals surface area contributed by atoms with Crippen LogP contribution in [-0.4, -0.2) is 33.0 Å². The van der Waals surface area contributed by atoms with Gasteiger partial charge in [0.15, 0.2) is 0 Å². The van der Waals surface area contributed by atoms with E-state index in [1.807, 2.05) is 6.07 Å². The number of nitrogens with one attached hydrogen (secondary N) is 1. The minimum Gasteiger partial charge on any atom is -0.295 e. The van der Waals surface area contributed by atoms with Crippen LogP contribution >= 0.6 is 0 Å². The van der Waals surface area contributed by atoms with Crippen LogP contribution in [0, 0.1) is 6.92 Å². The van der Waals surface area contributed by atoms with Gasteiger partial charge in [0, 0.05) is 12.6 Å². The normalized spacial score (nSPS) is 17.0. The van der Waals surface area contributed by atoms with Crippen molar-refractivity contribution in [3.05, 3.63) is 65.7 Å². The monoisotopic (exact) mass is 344 g/mol. The van der Waals surface area contributed by atoms with Crippen molar-refractivity contribution in [2.24, 2.45) is 0 Å². The van der Waals surface area contributed by atoms with E-state index in [9.17, 15) is 8.42 Å². The van der Waals surface area contributed by atoms with Gasteiger partial charge in [0.2, 0.25) is 10.0 Å². The third kappa shape index (κ3) is 4.04. The Morgan fingerprint density at radius 3 is 2.25 bits per heavy atom. The molecule has 0 aliphatic carbocycles. The Kier molecular flexibility index (Phi) is 5.33. The molecule has 0 aromatic heterocycles. The van der Waals surface area contributed by atoms with E-state index in [2.05, 4.69) is 40.8 Å². The van der Waals surface area contributed by atoms with Gasteiger partial charge in [-0.3, -0.25) is 4.90 Å². The van der Waals surface area contributed by atoms with Crippen LogP contribution in [0.4, 0.5) is 0 Å². The van der Waals surface area contributed by atoms with Gasteiger partial charge >= 0.3 is 0 Å². The average molecular weight is 344 g/mol. The van der Waals surface area contributed by atoms with Crippen molar-refractivity contribution < 1.29 is 8.42 Å². The molecule has 0 saturated carbocycles. The molecule has 4 nitrogen and oxygen atoms in total. The molecule has 0 amide bonds. The molecule has 2 aromatic carbocycles. The molecule has 3 rings (SSSR count). The van der Waals surface area contributed by atoms with Gasteiger partial charge in [-0.1, -0.05) is 48.0 Å². The molecule has 1 aliphatic rings. The van der Waals surface area contributed by atoms with Gasteiger partial charge in [-0.05, 0) is 50.6 Å². The highest BCUT2D eigenvalue weighted by atomic mass is 32.2. The zero-order chi connectivity index (χ0) is 17.0. The maximum Gasteiger partial charge on any atom is 0.240 e. The molecule has 24 heavy (non-hydrogen) atoms. The number of nitrogens with zero attached hydrogens (tertiary/aromatic N) is 1. The molecule has 128 valence electrons. The highest BCUT2D eigenvalue weighted by molar-refractivity contribution is 7.89.